The fourth-order valence-corrected chi connectivity index (χ4v) is 4.85. The Bertz CT molecular complexity index is 1300. The Labute approximate surface area is 201 Å². The van der Waals surface area contributed by atoms with E-state index >= 15 is 0 Å². The number of anilines is 2. The largest absolute Gasteiger partial charge is 0.375 e. The molecule has 10 nitrogen and oxygen atoms in total. The van der Waals surface area contributed by atoms with Crippen LogP contribution in [0.15, 0.2) is 48.1 Å². The zero-order chi connectivity index (χ0) is 24.3. The lowest BCUT2D eigenvalue weighted by molar-refractivity contribution is -0.115. The molecular formula is C22H25N5O5S2. The molecule has 2 N–H and O–H groups in total. The fraction of sp³-hybridized carbons (Fsp3) is 0.318. The molecule has 180 valence electrons. The smallest absolute Gasteiger partial charge is 0.253 e. The summed E-state index contributed by atoms with van der Waals surface area (Å²) in [6, 6.07) is 9.45. The molecule has 1 atom stereocenters. The van der Waals surface area contributed by atoms with Gasteiger partial charge in [0.1, 0.15) is 0 Å². The zero-order valence-electron chi connectivity index (χ0n) is 18.7. The van der Waals surface area contributed by atoms with Crippen molar-refractivity contribution in [3.8, 4) is 11.3 Å². The van der Waals surface area contributed by atoms with Crippen molar-refractivity contribution in [3.05, 3.63) is 53.7 Å². The topological polar surface area (TPSA) is 123 Å². The van der Waals surface area contributed by atoms with Crippen LogP contribution in [0, 0.1) is 0 Å². The third kappa shape index (κ3) is 5.82. The van der Waals surface area contributed by atoms with Crippen LogP contribution < -0.4 is 15.5 Å². The molecule has 0 saturated carbocycles. The lowest BCUT2D eigenvalue weighted by atomic mass is 10.1. The SMILES string of the molecule is CC1CN(c2cccc(-c3csc(NC(=O)CNC(=O)c4ccn(S(C)(=O)=O)c4)n3)c2)CCO1. The van der Waals surface area contributed by atoms with Crippen molar-refractivity contribution in [1.82, 2.24) is 14.3 Å². The number of carbonyl (C=O) groups is 2. The summed E-state index contributed by atoms with van der Waals surface area (Å²) in [6.45, 7) is 4.13. The number of rotatable bonds is 7. The molecule has 34 heavy (non-hydrogen) atoms. The van der Waals surface area contributed by atoms with E-state index < -0.39 is 21.8 Å². The molecular weight excluding hydrogens is 478 g/mol. The summed E-state index contributed by atoms with van der Waals surface area (Å²) in [5, 5.41) is 7.43. The molecule has 1 unspecified atom stereocenters. The Kier molecular flexibility index (Phi) is 7.00. The van der Waals surface area contributed by atoms with Gasteiger partial charge in [-0.25, -0.2) is 13.4 Å². The molecule has 0 aliphatic carbocycles. The number of ether oxygens (including phenoxy) is 1. The minimum Gasteiger partial charge on any atom is -0.375 e. The van der Waals surface area contributed by atoms with Gasteiger partial charge in [-0.15, -0.1) is 11.3 Å². The van der Waals surface area contributed by atoms with Gasteiger partial charge in [-0.1, -0.05) is 12.1 Å². The summed E-state index contributed by atoms with van der Waals surface area (Å²) in [5.41, 5.74) is 2.93. The number of nitrogens with one attached hydrogen (secondary N) is 2. The number of benzene rings is 1. The minimum atomic E-state index is -3.48. The van der Waals surface area contributed by atoms with Crippen molar-refractivity contribution in [2.24, 2.45) is 0 Å². The highest BCUT2D eigenvalue weighted by Crippen LogP contribution is 2.28. The van der Waals surface area contributed by atoms with Crippen molar-refractivity contribution in [1.29, 1.82) is 0 Å². The monoisotopic (exact) mass is 503 g/mol. The molecule has 1 aliphatic heterocycles. The van der Waals surface area contributed by atoms with Gasteiger partial charge < -0.3 is 20.3 Å². The summed E-state index contributed by atoms with van der Waals surface area (Å²) in [7, 11) is -3.48. The highest BCUT2D eigenvalue weighted by Gasteiger charge is 2.18. The van der Waals surface area contributed by atoms with Gasteiger partial charge in [0, 0.05) is 42.1 Å². The van der Waals surface area contributed by atoms with E-state index in [2.05, 4.69) is 39.6 Å². The third-order valence-electron chi connectivity index (χ3n) is 5.22. The molecule has 3 heterocycles. The number of hydrogen-bond donors (Lipinski definition) is 2. The molecule has 0 radical (unpaired) electrons. The van der Waals surface area contributed by atoms with Gasteiger partial charge in [0.25, 0.3) is 5.91 Å². The Morgan fingerprint density at radius 1 is 1.29 bits per heavy atom. The molecule has 1 aliphatic rings. The van der Waals surface area contributed by atoms with Crippen LogP contribution in [0.3, 0.4) is 0 Å². The van der Waals surface area contributed by atoms with E-state index in [9.17, 15) is 18.0 Å². The molecule has 1 saturated heterocycles. The second-order valence-corrected chi connectivity index (χ2v) is 10.7. The van der Waals surface area contributed by atoms with Crippen molar-refractivity contribution < 1.29 is 22.7 Å². The van der Waals surface area contributed by atoms with Crippen LogP contribution in [0.1, 0.15) is 17.3 Å². The molecule has 1 aromatic carbocycles. The van der Waals surface area contributed by atoms with Crippen LogP contribution >= 0.6 is 11.3 Å². The van der Waals surface area contributed by atoms with Gasteiger partial charge in [0.15, 0.2) is 5.13 Å². The van der Waals surface area contributed by atoms with Crippen LogP contribution in [-0.2, 0) is 19.6 Å². The highest BCUT2D eigenvalue weighted by atomic mass is 32.2. The first-order chi connectivity index (χ1) is 16.2. The first-order valence-electron chi connectivity index (χ1n) is 10.6. The number of carbonyl (C=O) groups excluding carboxylic acids is 2. The number of hydrogen-bond acceptors (Lipinski definition) is 8. The molecule has 0 spiro atoms. The van der Waals surface area contributed by atoms with E-state index in [1.807, 2.05) is 17.5 Å². The molecule has 12 heteroatoms. The third-order valence-corrected chi connectivity index (χ3v) is 6.97. The van der Waals surface area contributed by atoms with E-state index in [0.717, 1.165) is 40.3 Å². The molecule has 1 fully saturated rings. The van der Waals surface area contributed by atoms with E-state index in [4.69, 9.17) is 4.74 Å². The van der Waals surface area contributed by atoms with Crippen molar-refractivity contribution in [2.45, 2.75) is 13.0 Å². The van der Waals surface area contributed by atoms with Gasteiger partial charge in [-0.2, -0.15) is 0 Å². The second-order valence-electron chi connectivity index (χ2n) is 7.94. The number of thiazole rings is 1. The van der Waals surface area contributed by atoms with Crippen LogP contribution in [-0.4, -0.2) is 67.8 Å². The zero-order valence-corrected chi connectivity index (χ0v) is 20.4. The van der Waals surface area contributed by atoms with E-state index in [1.54, 1.807) is 0 Å². The summed E-state index contributed by atoms with van der Waals surface area (Å²) in [4.78, 5) is 31.2. The summed E-state index contributed by atoms with van der Waals surface area (Å²) in [6.07, 6.45) is 3.68. The normalized spacial score (nSPS) is 16.3. The Hall–Kier alpha value is -3.22. The number of nitrogens with zero attached hydrogens (tertiary/aromatic N) is 3. The average Bonchev–Trinajstić information content (AvgIpc) is 3.48. The molecule has 2 aromatic heterocycles. The maximum Gasteiger partial charge on any atom is 0.253 e. The van der Waals surface area contributed by atoms with Crippen LogP contribution in [0.5, 0.6) is 0 Å². The summed E-state index contributed by atoms with van der Waals surface area (Å²) >= 11 is 1.29. The average molecular weight is 504 g/mol. The van der Waals surface area contributed by atoms with Crippen molar-refractivity contribution >= 4 is 44.0 Å². The van der Waals surface area contributed by atoms with Crippen molar-refractivity contribution in [2.75, 3.05) is 42.7 Å². The molecule has 4 rings (SSSR count). The molecule has 2 amide bonds. The number of amides is 2. The van der Waals surface area contributed by atoms with Crippen LogP contribution in [0.4, 0.5) is 10.8 Å². The predicted octanol–water partition coefficient (Wildman–Crippen LogP) is 2.01. The van der Waals surface area contributed by atoms with Gasteiger partial charge in [0.05, 0.1) is 36.8 Å². The summed E-state index contributed by atoms with van der Waals surface area (Å²) in [5.74, 6) is -0.987. The minimum absolute atomic E-state index is 0.143. The Morgan fingerprint density at radius 3 is 2.85 bits per heavy atom. The van der Waals surface area contributed by atoms with Crippen LogP contribution in [0.2, 0.25) is 0 Å². The Morgan fingerprint density at radius 2 is 2.12 bits per heavy atom. The standard InChI is InChI=1S/C22H25N5O5S2/c1-15-12-26(8-9-32-15)18-5-3-4-16(10-18)19-14-33-22(24-19)25-20(28)11-23-21(29)17-6-7-27(13-17)34(2,30)31/h3-7,10,13-15H,8-9,11-12H2,1-2H3,(H,23,29)(H,24,25,28). The predicted molar refractivity (Wildman–Crippen MR) is 131 cm³/mol. The quantitative estimate of drug-likeness (QED) is 0.506. The molecule has 3 aromatic rings. The van der Waals surface area contributed by atoms with Gasteiger partial charge >= 0.3 is 0 Å². The van der Waals surface area contributed by atoms with Gasteiger partial charge in [-0.05, 0) is 25.1 Å². The lowest BCUT2D eigenvalue weighted by Crippen LogP contribution is -2.41. The first-order valence-corrected chi connectivity index (χ1v) is 13.3. The Balaban J connectivity index is 1.34. The molecule has 0 bridgehead atoms. The lowest BCUT2D eigenvalue weighted by Gasteiger charge is -2.33. The van der Waals surface area contributed by atoms with Crippen molar-refractivity contribution in [3.63, 3.8) is 0 Å². The summed E-state index contributed by atoms with van der Waals surface area (Å²) < 4.78 is 29.6. The maximum atomic E-state index is 12.3. The van der Waals surface area contributed by atoms with E-state index in [1.165, 1.54) is 29.8 Å². The van der Waals surface area contributed by atoms with Gasteiger partial charge in [0.2, 0.25) is 15.9 Å². The second kappa shape index (κ2) is 9.95. The number of morpholine rings is 1. The maximum absolute atomic E-state index is 12.3. The fourth-order valence-electron chi connectivity index (χ4n) is 3.52. The van der Waals surface area contributed by atoms with E-state index in [0.29, 0.717) is 11.7 Å². The highest BCUT2D eigenvalue weighted by molar-refractivity contribution is 7.89. The van der Waals surface area contributed by atoms with Gasteiger partial charge in [-0.3, -0.25) is 13.6 Å². The number of aromatic nitrogens is 2. The van der Waals surface area contributed by atoms with Crippen LogP contribution in [0.25, 0.3) is 11.3 Å². The first kappa shape index (κ1) is 23.9. The van der Waals surface area contributed by atoms with E-state index in [-0.39, 0.29) is 18.2 Å².